The SMILES string of the molecule is CCC(C)N(CCC(=O)N(C)Cc1ccccc1)C(=O)c1cc2n(n1)CCCN(Cc1ccccc1)C2=O. The monoisotopic (exact) mass is 515 g/mol. The fourth-order valence-corrected chi connectivity index (χ4v) is 4.74. The highest BCUT2D eigenvalue weighted by Gasteiger charge is 2.29. The number of hydrogen-bond acceptors (Lipinski definition) is 4. The fourth-order valence-electron chi connectivity index (χ4n) is 4.74. The van der Waals surface area contributed by atoms with Gasteiger partial charge in [-0.05, 0) is 30.9 Å². The van der Waals surface area contributed by atoms with Gasteiger partial charge in [0.05, 0.1) is 0 Å². The minimum Gasteiger partial charge on any atom is -0.341 e. The van der Waals surface area contributed by atoms with E-state index in [-0.39, 0.29) is 35.9 Å². The lowest BCUT2D eigenvalue weighted by atomic mass is 10.1. The third kappa shape index (κ3) is 6.49. The van der Waals surface area contributed by atoms with Gasteiger partial charge in [0.15, 0.2) is 5.69 Å². The van der Waals surface area contributed by atoms with Crippen molar-refractivity contribution in [2.45, 2.75) is 58.8 Å². The first kappa shape index (κ1) is 27.1. The van der Waals surface area contributed by atoms with Crippen LogP contribution in [0.5, 0.6) is 0 Å². The second-order valence-electron chi connectivity index (χ2n) is 9.95. The molecule has 4 rings (SSSR count). The molecule has 3 aromatic rings. The van der Waals surface area contributed by atoms with E-state index in [0.29, 0.717) is 38.4 Å². The van der Waals surface area contributed by atoms with E-state index in [9.17, 15) is 14.4 Å². The van der Waals surface area contributed by atoms with Gasteiger partial charge >= 0.3 is 0 Å². The molecule has 0 fully saturated rings. The number of carbonyl (C=O) groups is 3. The number of carbonyl (C=O) groups excluding carboxylic acids is 3. The minimum absolute atomic E-state index is 0.0256. The van der Waals surface area contributed by atoms with E-state index in [1.54, 1.807) is 27.6 Å². The number of aryl methyl sites for hydroxylation is 1. The van der Waals surface area contributed by atoms with Crippen molar-refractivity contribution in [2.75, 3.05) is 20.1 Å². The number of amides is 3. The quantitative estimate of drug-likeness (QED) is 0.405. The van der Waals surface area contributed by atoms with Crippen LogP contribution < -0.4 is 0 Å². The van der Waals surface area contributed by atoms with Gasteiger partial charge in [0.2, 0.25) is 5.91 Å². The Kier molecular flexibility index (Phi) is 8.94. The van der Waals surface area contributed by atoms with Crippen molar-refractivity contribution in [2.24, 2.45) is 0 Å². The second-order valence-corrected chi connectivity index (χ2v) is 9.95. The summed E-state index contributed by atoms with van der Waals surface area (Å²) in [5, 5.41) is 4.54. The third-order valence-corrected chi connectivity index (χ3v) is 7.16. The topological polar surface area (TPSA) is 78.8 Å². The maximum atomic E-state index is 13.6. The van der Waals surface area contributed by atoms with E-state index < -0.39 is 0 Å². The zero-order valence-electron chi connectivity index (χ0n) is 22.5. The van der Waals surface area contributed by atoms with Gasteiger partial charge in [-0.1, -0.05) is 67.6 Å². The Morgan fingerprint density at radius 2 is 1.66 bits per heavy atom. The number of aromatic nitrogens is 2. The van der Waals surface area contributed by atoms with Crippen LogP contribution in [0.25, 0.3) is 0 Å². The first-order chi connectivity index (χ1) is 18.4. The number of nitrogens with zero attached hydrogens (tertiary/aromatic N) is 5. The van der Waals surface area contributed by atoms with Crippen LogP contribution in [-0.2, 0) is 24.4 Å². The summed E-state index contributed by atoms with van der Waals surface area (Å²) in [6.45, 7) is 6.54. The summed E-state index contributed by atoms with van der Waals surface area (Å²) in [6, 6.07) is 21.3. The molecule has 0 saturated carbocycles. The maximum Gasteiger partial charge on any atom is 0.274 e. The summed E-state index contributed by atoms with van der Waals surface area (Å²) >= 11 is 0. The number of hydrogen-bond donors (Lipinski definition) is 0. The molecule has 1 atom stereocenters. The van der Waals surface area contributed by atoms with Gasteiger partial charge < -0.3 is 14.7 Å². The summed E-state index contributed by atoms with van der Waals surface area (Å²) in [4.78, 5) is 45.1. The lowest BCUT2D eigenvalue weighted by molar-refractivity contribution is -0.130. The molecule has 8 heteroatoms. The number of fused-ring (bicyclic) bond motifs is 1. The standard InChI is InChI=1S/C30H37N5O3/c1-4-23(2)34(19-16-28(36)32(3)21-24-12-7-5-8-13-24)29(37)26-20-27-30(38)33(17-11-18-35(27)31-26)22-25-14-9-6-10-15-25/h5-10,12-15,20,23H,4,11,16-19,21-22H2,1-3H3. The molecule has 1 aliphatic heterocycles. The molecule has 8 nitrogen and oxygen atoms in total. The van der Waals surface area contributed by atoms with E-state index in [4.69, 9.17) is 0 Å². The number of rotatable bonds is 10. The zero-order chi connectivity index (χ0) is 27.1. The summed E-state index contributed by atoms with van der Waals surface area (Å²) in [5.41, 5.74) is 2.81. The molecule has 38 heavy (non-hydrogen) atoms. The predicted molar refractivity (Wildman–Crippen MR) is 146 cm³/mol. The van der Waals surface area contributed by atoms with Crippen LogP contribution in [-0.4, -0.2) is 68.4 Å². The zero-order valence-corrected chi connectivity index (χ0v) is 22.5. The molecular weight excluding hydrogens is 478 g/mol. The molecule has 0 radical (unpaired) electrons. The van der Waals surface area contributed by atoms with Crippen molar-refractivity contribution in [3.8, 4) is 0 Å². The molecule has 2 heterocycles. The Labute approximate surface area is 224 Å². The molecule has 0 N–H and O–H groups in total. The maximum absolute atomic E-state index is 13.6. The molecule has 2 aromatic carbocycles. The highest BCUT2D eigenvalue weighted by Crippen LogP contribution is 2.19. The average molecular weight is 516 g/mol. The Morgan fingerprint density at radius 1 is 1.00 bits per heavy atom. The van der Waals surface area contributed by atoms with E-state index in [0.717, 1.165) is 24.0 Å². The predicted octanol–water partition coefficient (Wildman–Crippen LogP) is 4.22. The van der Waals surface area contributed by atoms with Crippen LogP contribution in [0.15, 0.2) is 66.7 Å². The summed E-state index contributed by atoms with van der Waals surface area (Å²) in [5.74, 6) is -0.395. The summed E-state index contributed by atoms with van der Waals surface area (Å²) < 4.78 is 1.66. The molecule has 1 unspecified atom stereocenters. The van der Waals surface area contributed by atoms with Crippen molar-refractivity contribution < 1.29 is 14.4 Å². The molecule has 200 valence electrons. The smallest absolute Gasteiger partial charge is 0.274 e. The van der Waals surface area contributed by atoms with Crippen LogP contribution in [0.1, 0.15) is 65.2 Å². The molecular formula is C30H37N5O3. The Balaban J connectivity index is 1.45. The van der Waals surface area contributed by atoms with E-state index >= 15 is 0 Å². The first-order valence-electron chi connectivity index (χ1n) is 13.4. The van der Waals surface area contributed by atoms with Gasteiger partial charge in [-0.25, -0.2) is 0 Å². The van der Waals surface area contributed by atoms with Crippen LogP contribution in [0.4, 0.5) is 0 Å². The van der Waals surface area contributed by atoms with Crippen LogP contribution in [0.2, 0.25) is 0 Å². The van der Waals surface area contributed by atoms with Gasteiger partial charge in [0.1, 0.15) is 5.69 Å². The molecule has 0 saturated heterocycles. The van der Waals surface area contributed by atoms with E-state index in [1.165, 1.54) is 0 Å². The minimum atomic E-state index is -0.249. The van der Waals surface area contributed by atoms with E-state index in [1.807, 2.05) is 79.4 Å². The molecule has 0 bridgehead atoms. The third-order valence-electron chi connectivity index (χ3n) is 7.16. The largest absolute Gasteiger partial charge is 0.341 e. The fraction of sp³-hybridized carbons (Fsp3) is 0.400. The van der Waals surface area contributed by atoms with Crippen molar-refractivity contribution in [3.05, 3.63) is 89.2 Å². The van der Waals surface area contributed by atoms with Crippen molar-refractivity contribution in [1.82, 2.24) is 24.5 Å². The summed E-state index contributed by atoms with van der Waals surface area (Å²) in [6.07, 6.45) is 1.73. The lowest BCUT2D eigenvalue weighted by Crippen LogP contribution is -2.41. The van der Waals surface area contributed by atoms with Gasteiger partial charge in [0.25, 0.3) is 11.8 Å². The molecule has 0 spiro atoms. The van der Waals surface area contributed by atoms with Gasteiger partial charge in [-0.2, -0.15) is 5.10 Å². The first-order valence-corrected chi connectivity index (χ1v) is 13.4. The van der Waals surface area contributed by atoms with E-state index in [2.05, 4.69) is 5.10 Å². The van der Waals surface area contributed by atoms with Gasteiger partial charge in [-0.15, -0.1) is 0 Å². The molecule has 3 amide bonds. The Bertz CT molecular complexity index is 1240. The highest BCUT2D eigenvalue weighted by molar-refractivity contribution is 5.98. The van der Waals surface area contributed by atoms with Crippen molar-refractivity contribution >= 4 is 17.7 Å². The van der Waals surface area contributed by atoms with Crippen LogP contribution in [0, 0.1) is 0 Å². The van der Waals surface area contributed by atoms with Crippen molar-refractivity contribution in [3.63, 3.8) is 0 Å². The Morgan fingerprint density at radius 3 is 2.32 bits per heavy atom. The van der Waals surface area contributed by atoms with Crippen molar-refractivity contribution in [1.29, 1.82) is 0 Å². The number of benzene rings is 2. The van der Waals surface area contributed by atoms with Gasteiger partial charge in [0, 0.05) is 58.3 Å². The van der Waals surface area contributed by atoms with Gasteiger partial charge in [-0.3, -0.25) is 19.1 Å². The molecule has 1 aliphatic rings. The van der Waals surface area contributed by atoms with Crippen LogP contribution >= 0.6 is 0 Å². The van der Waals surface area contributed by atoms with Crippen LogP contribution in [0.3, 0.4) is 0 Å². The normalized spacial score (nSPS) is 14.0. The Hall–Kier alpha value is -3.94. The summed E-state index contributed by atoms with van der Waals surface area (Å²) in [7, 11) is 1.78. The second kappa shape index (κ2) is 12.5. The average Bonchev–Trinajstić information content (AvgIpc) is 3.31. The lowest BCUT2D eigenvalue weighted by Gasteiger charge is -2.28. The highest BCUT2D eigenvalue weighted by atomic mass is 16.2. The molecule has 0 aliphatic carbocycles. The molecule has 1 aromatic heterocycles.